The maximum Gasteiger partial charge on any atom is 0.405 e. The maximum absolute atomic E-state index is 10.7. The van der Waals surface area contributed by atoms with Gasteiger partial charge < -0.3 is 24.7 Å². The number of hydrogen-bond acceptors (Lipinski definition) is 5. The Morgan fingerprint density at radius 2 is 2.31 bits per heavy atom. The Bertz CT molecular complexity index is 314. The molecular weight excluding hydrogens is 214 g/mol. The quantitative estimate of drug-likeness (QED) is 0.708. The summed E-state index contributed by atoms with van der Waals surface area (Å²) in [7, 11) is 0. The number of carbonyl (C=O) groups excluding carboxylic acids is 1. The van der Waals surface area contributed by atoms with Crippen LogP contribution in [-0.2, 0) is 18.9 Å². The van der Waals surface area contributed by atoms with Crippen LogP contribution in [-0.4, -0.2) is 36.8 Å². The molecule has 90 valence electrons. The second kappa shape index (κ2) is 3.95. The molecule has 1 saturated heterocycles. The Hall–Kier alpha value is -1.27. The second-order valence-electron chi connectivity index (χ2n) is 4.20. The SMILES string of the molecule is CC1(C)OC[C@H]2OC=C[C@@H](OC(N)=O)[C@@H]2O1. The molecule has 0 radical (unpaired) electrons. The van der Waals surface area contributed by atoms with Crippen molar-refractivity contribution in [3.63, 3.8) is 0 Å². The first-order valence-corrected chi connectivity index (χ1v) is 5.08. The van der Waals surface area contributed by atoms with Gasteiger partial charge in [0.25, 0.3) is 0 Å². The van der Waals surface area contributed by atoms with Crippen LogP contribution >= 0.6 is 0 Å². The van der Waals surface area contributed by atoms with E-state index in [1.54, 1.807) is 19.9 Å². The molecule has 3 atom stereocenters. The van der Waals surface area contributed by atoms with Gasteiger partial charge in [-0.2, -0.15) is 0 Å². The van der Waals surface area contributed by atoms with E-state index >= 15 is 0 Å². The minimum atomic E-state index is -0.830. The highest BCUT2D eigenvalue weighted by atomic mass is 16.7. The molecule has 2 heterocycles. The number of hydrogen-bond donors (Lipinski definition) is 1. The van der Waals surface area contributed by atoms with Crippen LogP contribution in [0.1, 0.15) is 13.8 Å². The van der Waals surface area contributed by atoms with Gasteiger partial charge in [-0.15, -0.1) is 0 Å². The highest BCUT2D eigenvalue weighted by Crippen LogP contribution is 2.29. The zero-order valence-electron chi connectivity index (χ0n) is 9.21. The fourth-order valence-corrected chi connectivity index (χ4v) is 1.78. The zero-order chi connectivity index (χ0) is 11.8. The third kappa shape index (κ3) is 2.28. The van der Waals surface area contributed by atoms with Crippen molar-refractivity contribution in [3.8, 4) is 0 Å². The number of amides is 1. The van der Waals surface area contributed by atoms with E-state index in [2.05, 4.69) is 0 Å². The topological polar surface area (TPSA) is 80.0 Å². The van der Waals surface area contributed by atoms with Crippen LogP contribution in [0, 0.1) is 0 Å². The van der Waals surface area contributed by atoms with Crippen LogP contribution in [0.2, 0.25) is 0 Å². The lowest BCUT2D eigenvalue weighted by atomic mass is 10.0. The third-order valence-electron chi connectivity index (χ3n) is 2.48. The molecule has 0 unspecified atom stereocenters. The van der Waals surface area contributed by atoms with Crippen LogP contribution in [0.5, 0.6) is 0 Å². The van der Waals surface area contributed by atoms with E-state index in [4.69, 9.17) is 24.7 Å². The normalized spacial score (nSPS) is 36.0. The molecule has 0 saturated carbocycles. The molecule has 0 aromatic heterocycles. The van der Waals surface area contributed by atoms with E-state index in [0.717, 1.165) is 0 Å². The monoisotopic (exact) mass is 229 g/mol. The largest absolute Gasteiger partial charge is 0.493 e. The molecular formula is C10H15NO5. The smallest absolute Gasteiger partial charge is 0.405 e. The molecule has 6 heteroatoms. The van der Waals surface area contributed by atoms with Crippen LogP contribution < -0.4 is 5.73 Å². The summed E-state index contributed by atoms with van der Waals surface area (Å²) in [5, 5.41) is 0. The number of nitrogens with two attached hydrogens (primary N) is 1. The zero-order valence-corrected chi connectivity index (χ0v) is 9.21. The first kappa shape index (κ1) is 11.2. The van der Waals surface area contributed by atoms with Gasteiger partial charge in [-0.1, -0.05) is 0 Å². The number of carbonyl (C=O) groups is 1. The molecule has 2 N–H and O–H groups in total. The van der Waals surface area contributed by atoms with Crippen molar-refractivity contribution >= 4 is 6.09 Å². The maximum atomic E-state index is 10.7. The second-order valence-corrected chi connectivity index (χ2v) is 4.20. The molecule has 0 aromatic rings. The van der Waals surface area contributed by atoms with E-state index < -0.39 is 18.0 Å². The minimum Gasteiger partial charge on any atom is -0.493 e. The van der Waals surface area contributed by atoms with Crippen molar-refractivity contribution in [1.82, 2.24) is 0 Å². The fraction of sp³-hybridized carbons (Fsp3) is 0.700. The first-order valence-electron chi connectivity index (χ1n) is 5.08. The van der Waals surface area contributed by atoms with Gasteiger partial charge in [0, 0.05) is 0 Å². The summed E-state index contributed by atoms with van der Waals surface area (Å²) in [5.74, 6) is -0.713. The minimum absolute atomic E-state index is 0.276. The van der Waals surface area contributed by atoms with Crippen LogP contribution in [0.4, 0.5) is 4.79 Å². The van der Waals surface area contributed by atoms with Crippen LogP contribution in [0.3, 0.4) is 0 Å². The summed E-state index contributed by atoms with van der Waals surface area (Å²) in [6, 6.07) is 0. The van der Waals surface area contributed by atoms with Crippen molar-refractivity contribution in [3.05, 3.63) is 12.3 Å². The summed E-state index contributed by atoms with van der Waals surface area (Å²) in [6.07, 6.45) is 1.05. The molecule has 2 aliphatic heterocycles. The molecule has 0 bridgehead atoms. The summed E-state index contributed by atoms with van der Waals surface area (Å²) in [6.45, 7) is 3.98. The number of rotatable bonds is 1. The Morgan fingerprint density at radius 1 is 1.56 bits per heavy atom. The van der Waals surface area contributed by atoms with E-state index in [1.807, 2.05) is 0 Å². The Balaban J connectivity index is 2.11. The lowest BCUT2D eigenvalue weighted by Gasteiger charge is -2.43. The number of fused-ring (bicyclic) bond motifs is 1. The summed E-state index contributed by atoms with van der Waals surface area (Å²) < 4.78 is 21.4. The van der Waals surface area contributed by atoms with Crippen LogP contribution in [0.15, 0.2) is 12.3 Å². The molecule has 6 nitrogen and oxygen atoms in total. The van der Waals surface area contributed by atoms with Crippen molar-refractivity contribution < 1.29 is 23.7 Å². The summed E-state index contributed by atoms with van der Waals surface area (Å²) >= 11 is 0. The average molecular weight is 229 g/mol. The van der Waals surface area contributed by atoms with Gasteiger partial charge in [-0.25, -0.2) is 4.79 Å². The Labute approximate surface area is 93.3 Å². The Kier molecular flexibility index (Phi) is 2.77. The van der Waals surface area contributed by atoms with E-state index in [1.165, 1.54) is 6.26 Å². The van der Waals surface area contributed by atoms with Crippen molar-refractivity contribution in [2.24, 2.45) is 5.73 Å². The average Bonchev–Trinajstić information content (AvgIpc) is 2.17. The molecule has 1 amide bonds. The molecule has 0 aliphatic carbocycles. The highest BCUT2D eigenvalue weighted by molar-refractivity contribution is 5.65. The molecule has 0 aromatic carbocycles. The lowest BCUT2D eigenvalue weighted by Crippen LogP contribution is -2.56. The highest BCUT2D eigenvalue weighted by Gasteiger charge is 2.44. The molecule has 0 spiro atoms. The molecule has 2 aliphatic rings. The standard InChI is InChI=1S/C10H15NO5/c1-10(2)14-5-7-8(16-10)6(3-4-13-7)15-9(11)12/h3-4,6-8H,5H2,1-2H3,(H2,11,12)/t6-,7-,8+/m1/s1. The van der Waals surface area contributed by atoms with Gasteiger partial charge >= 0.3 is 6.09 Å². The predicted octanol–water partition coefficient (Wildman–Crippen LogP) is 0.514. The fourth-order valence-electron chi connectivity index (χ4n) is 1.78. The number of ether oxygens (including phenoxy) is 4. The first-order chi connectivity index (χ1) is 7.48. The lowest BCUT2D eigenvalue weighted by molar-refractivity contribution is -0.318. The molecule has 16 heavy (non-hydrogen) atoms. The Morgan fingerprint density at radius 3 is 3.00 bits per heavy atom. The van der Waals surface area contributed by atoms with Gasteiger partial charge in [0.05, 0.1) is 12.9 Å². The molecule has 1 fully saturated rings. The van der Waals surface area contributed by atoms with Crippen molar-refractivity contribution in [2.45, 2.75) is 37.9 Å². The summed E-state index contributed by atoms with van der Waals surface area (Å²) in [5.41, 5.74) is 4.99. The van der Waals surface area contributed by atoms with E-state index in [9.17, 15) is 4.79 Å². The van der Waals surface area contributed by atoms with Crippen LogP contribution in [0.25, 0.3) is 0 Å². The van der Waals surface area contributed by atoms with E-state index in [0.29, 0.717) is 6.61 Å². The van der Waals surface area contributed by atoms with Gasteiger partial charge in [0.15, 0.2) is 18.0 Å². The van der Waals surface area contributed by atoms with Crippen molar-refractivity contribution in [1.29, 1.82) is 0 Å². The van der Waals surface area contributed by atoms with E-state index in [-0.39, 0.29) is 12.2 Å². The predicted molar refractivity (Wildman–Crippen MR) is 53.4 cm³/mol. The summed E-state index contributed by atoms with van der Waals surface area (Å²) in [4.78, 5) is 10.7. The third-order valence-corrected chi connectivity index (χ3v) is 2.48. The number of primary amides is 1. The molecule has 2 rings (SSSR count). The van der Waals surface area contributed by atoms with Gasteiger partial charge in [0.1, 0.15) is 6.10 Å². The van der Waals surface area contributed by atoms with Gasteiger partial charge in [-0.05, 0) is 19.9 Å². The van der Waals surface area contributed by atoms with Gasteiger partial charge in [0.2, 0.25) is 0 Å². The van der Waals surface area contributed by atoms with Gasteiger partial charge in [-0.3, -0.25) is 0 Å². The van der Waals surface area contributed by atoms with Crippen molar-refractivity contribution in [2.75, 3.05) is 6.61 Å².